The Kier molecular flexibility index (Phi) is 3.84. The minimum absolute atomic E-state index is 0.197. The first kappa shape index (κ1) is 14.7. The summed E-state index contributed by atoms with van der Waals surface area (Å²) in [5, 5.41) is 4.05. The molecule has 3 rings (SSSR count). The van der Waals surface area contributed by atoms with Gasteiger partial charge in [-0.3, -0.25) is 4.90 Å². The van der Waals surface area contributed by atoms with E-state index in [0.717, 1.165) is 12.1 Å². The van der Waals surface area contributed by atoms with Crippen LogP contribution in [0.5, 0.6) is 0 Å². The molecular formula is C16H21ClN2O2. The highest BCUT2D eigenvalue weighted by molar-refractivity contribution is 6.30. The molecule has 0 aromatic heterocycles. The molecule has 1 heterocycles. The molecule has 1 N–H and O–H groups in total. The number of esters is 1. The van der Waals surface area contributed by atoms with E-state index < -0.39 is 5.54 Å². The highest BCUT2D eigenvalue weighted by atomic mass is 35.5. The third-order valence-electron chi connectivity index (χ3n) is 4.46. The average Bonchev–Trinajstić information content (AvgIpc) is 3.23. The van der Waals surface area contributed by atoms with E-state index >= 15 is 0 Å². The first-order valence-corrected chi connectivity index (χ1v) is 7.80. The summed E-state index contributed by atoms with van der Waals surface area (Å²) in [6, 6.07) is 8.49. The number of nitrogens with one attached hydrogen (secondary N) is 1. The number of carbonyl (C=O) groups is 1. The van der Waals surface area contributed by atoms with Crippen molar-refractivity contribution >= 4 is 23.3 Å². The highest BCUT2D eigenvalue weighted by Crippen LogP contribution is 2.39. The molecule has 0 radical (unpaired) electrons. The topological polar surface area (TPSA) is 41.6 Å². The number of hydrogen-bond donors (Lipinski definition) is 1. The van der Waals surface area contributed by atoms with Crippen LogP contribution in [0, 0.1) is 0 Å². The Hall–Kier alpha value is -1.26. The molecule has 0 amide bonds. The lowest BCUT2D eigenvalue weighted by atomic mass is 9.95. The zero-order valence-electron chi connectivity index (χ0n) is 12.4. The van der Waals surface area contributed by atoms with Gasteiger partial charge in [0.2, 0.25) is 0 Å². The van der Waals surface area contributed by atoms with Crippen LogP contribution in [0.3, 0.4) is 0 Å². The molecule has 114 valence electrons. The molecule has 5 heteroatoms. The maximum atomic E-state index is 12.4. The number of benzene rings is 1. The number of rotatable bonds is 4. The van der Waals surface area contributed by atoms with Crippen molar-refractivity contribution in [3.8, 4) is 0 Å². The smallest absolute Gasteiger partial charge is 0.332 e. The van der Waals surface area contributed by atoms with Crippen molar-refractivity contribution < 1.29 is 9.53 Å². The van der Waals surface area contributed by atoms with Crippen LogP contribution in [-0.2, 0) is 9.53 Å². The lowest BCUT2D eigenvalue weighted by Crippen LogP contribution is -2.49. The minimum Gasteiger partial charge on any atom is -0.467 e. The predicted octanol–water partition coefficient (Wildman–Crippen LogP) is 2.92. The van der Waals surface area contributed by atoms with Gasteiger partial charge < -0.3 is 10.1 Å². The van der Waals surface area contributed by atoms with Gasteiger partial charge in [0.05, 0.1) is 7.11 Å². The van der Waals surface area contributed by atoms with Crippen molar-refractivity contribution in [2.75, 3.05) is 19.0 Å². The van der Waals surface area contributed by atoms with E-state index in [0.29, 0.717) is 23.7 Å². The van der Waals surface area contributed by atoms with Gasteiger partial charge in [-0.2, -0.15) is 0 Å². The molecule has 1 saturated heterocycles. The fourth-order valence-corrected chi connectivity index (χ4v) is 3.57. The van der Waals surface area contributed by atoms with E-state index in [9.17, 15) is 4.79 Å². The van der Waals surface area contributed by atoms with E-state index in [1.807, 2.05) is 24.3 Å². The van der Waals surface area contributed by atoms with Gasteiger partial charge in [0, 0.05) is 29.3 Å². The van der Waals surface area contributed by atoms with Crippen LogP contribution in [0.15, 0.2) is 24.3 Å². The Morgan fingerprint density at radius 2 is 2.24 bits per heavy atom. The largest absolute Gasteiger partial charge is 0.467 e. The number of anilines is 1. The van der Waals surface area contributed by atoms with E-state index in [2.05, 4.69) is 17.1 Å². The second kappa shape index (κ2) is 5.50. The number of halogens is 1. The summed E-state index contributed by atoms with van der Waals surface area (Å²) < 4.78 is 5.08. The molecule has 1 aliphatic heterocycles. The number of ether oxygens (including phenoxy) is 1. The van der Waals surface area contributed by atoms with Gasteiger partial charge in [-0.15, -0.1) is 0 Å². The summed E-state index contributed by atoms with van der Waals surface area (Å²) >= 11 is 6.04. The van der Waals surface area contributed by atoms with Crippen molar-refractivity contribution in [2.24, 2.45) is 0 Å². The molecule has 0 bridgehead atoms. The standard InChI is InChI=1S/C16H21ClN2O2/c1-11-9-16(15(20)21-2,10-19(11)14-6-7-14)18-13-5-3-4-12(17)8-13/h3-5,8,11,14,18H,6-7,9-10H2,1-2H3. The Labute approximate surface area is 130 Å². The first-order chi connectivity index (χ1) is 10.0. The molecular weight excluding hydrogens is 288 g/mol. The minimum atomic E-state index is -0.679. The summed E-state index contributed by atoms with van der Waals surface area (Å²) in [7, 11) is 1.45. The predicted molar refractivity (Wildman–Crippen MR) is 83.6 cm³/mol. The van der Waals surface area contributed by atoms with Gasteiger partial charge in [-0.25, -0.2) is 4.79 Å². The Morgan fingerprint density at radius 1 is 1.48 bits per heavy atom. The summed E-state index contributed by atoms with van der Waals surface area (Å²) in [4.78, 5) is 14.8. The molecule has 2 atom stereocenters. The van der Waals surface area contributed by atoms with Gasteiger partial charge in [0.1, 0.15) is 5.54 Å². The zero-order valence-corrected chi connectivity index (χ0v) is 13.2. The second-order valence-electron chi connectivity index (χ2n) is 6.17. The van der Waals surface area contributed by atoms with E-state index in [1.54, 1.807) is 0 Å². The maximum absolute atomic E-state index is 12.4. The molecule has 2 fully saturated rings. The van der Waals surface area contributed by atoms with Crippen LogP contribution < -0.4 is 5.32 Å². The number of methoxy groups -OCH3 is 1. The van der Waals surface area contributed by atoms with Crippen molar-refractivity contribution in [1.82, 2.24) is 4.90 Å². The van der Waals surface area contributed by atoms with Gasteiger partial charge >= 0.3 is 5.97 Å². The van der Waals surface area contributed by atoms with Crippen molar-refractivity contribution in [2.45, 2.75) is 43.8 Å². The molecule has 0 spiro atoms. The van der Waals surface area contributed by atoms with Crippen LogP contribution in [0.1, 0.15) is 26.2 Å². The van der Waals surface area contributed by atoms with Crippen LogP contribution in [0.25, 0.3) is 0 Å². The number of hydrogen-bond acceptors (Lipinski definition) is 4. The molecule has 2 unspecified atom stereocenters. The fraction of sp³-hybridized carbons (Fsp3) is 0.562. The summed E-state index contributed by atoms with van der Waals surface area (Å²) in [5.74, 6) is -0.197. The van der Waals surface area contributed by atoms with Crippen LogP contribution in [0.2, 0.25) is 5.02 Å². The van der Waals surface area contributed by atoms with Crippen LogP contribution >= 0.6 is 11.6 Å². The third kappa shape index (κ3) is 2.87. The quantitative estimate of drug-likeness (QED) is 0.868. The highest BCUT2D eigenvalue weighted by Gasteiger charge is 2.52. The van der Waals surface area contributed by atoms with Crippen molar-refractivity contribution in [3.05, 3.63) is 29.3 Å². The van der Waals surface area contributed by atoms with Crippen LogP contribution in [0.4, 0.5) is 5.69 Å². The summed E-state index contributed by atoms with van der Waals surface area (Å²) in [6.45, 7) is 2.88. The molecule has 1 aromatic carbocycles. The monoisotopic (exact) mass is 308 g/mol. The fourth-order valence-electron chi connectivity index (χ4n) is 3.38. The van der Waals surface area contributed by atoms with E-state index in [1.165, 1.54) is 20.0 Å². The zero-order chi connectivity index (χ0) is 15.0. The lowest BCUT2D eigenvalue weighted by molar-refractivity contribution is -0.145. The van der Waals surface area contributed by atoms with Gasteiger partial charge in [0.25, 0.3) is 0 Å². The maximum Gasteiger partial charge on any atom is 0.332 e. The molecule has 1 aromatic rings. The number of nitrogens with zero attached hydrogens (tertiary/aromatic N) is 1. The Bertz CT molecular complexity index is 547. The van der Waals surface area contributed by atoms with Gasteiger partial charge in [-0.05, 0) is 44.4 Å². The van der Waals surface area contributed by atoms with Crippen LogP contribution in [-0.4, -0.2) is 42.1 Å². The third-order valence-corrected chi connectivity index (χ3v) is 4.70. The normalized spacial score (nSPS) is 29.4. The van der Waals surface area contributed by atoms with Crippen molar-refractivity contribution in [3.63, 3.8) is 0 Å². The first-order valence-electron chi connectivity index (χ1n) is 7.42. The van der Waals surface area contributed by atoms with E-state index in [4.69, 9.17) is 16.3 Å². The summed E-state index contributed by atoms with van der Waals surface area (Å²) in [5.41, 5.74) is 0.180. The van der Waals surface area contributed by atoms with Gasteiger partial charge in [-0.1, -0.05) is 17.7 Å². The van der Waals surface area contributed by atoms with Crippen molar-refractivity contribution in [1.29, 1.82) is 0 Å². The number of carbonyl (C=O) groups excluding carboxylic acids is 1. The molecule has 1 saturated carbocycles. The van der Waals surface area contributed by atoms with Gasteiger partial charge in [0.15, 0.2) is 0 Å². The lowest BCUT2D eigenvalue weighted by Gasteiger charge is -2.29. The average molecular weight is 309 g/mol. The molecule has 2 aliphatic rings. The summed E-state index contributed by atoms with van der Waals surface area (Å²) in [6.07, 6.45) is 3.22. The molecule has 21 heavy (non-hydrogen) atoms. The second-order valence-corrected chi connectivity index (χ2v) is 6.60. The molecule has 1 aliphatic carbocycles. The van der Waals surface area contributed by atoms with E-state index in [-0.39, 0.29) is 5.97 Å². The molecule has 4 nitrogen and oxygen atoms in total. The Balaban J connectivity index is 1.86. The number of likely N-dealkylation sites (tertiary alicyclic amines) is 1. The Morgan fingerprint density at radius 3 is 2.86 bits per heavy atom. The SMILES string of the molecule is COC(=O)C1(Nc2cccc(Cl)c2)CC(C)N(C2CC2)C1.